The standard InChI is InChI=1S/C29H38N2O5/c1-3-35-16-4-15-30-29(34)31-19-20(2)36-27-18-25(13-14-26(27)31)24-11-9-23(10-12-24)22-7-5-21(6-8-22)17-28(32)33/h9-14,18,20-22H,3-8,15-17,19H2,1-2H3,(H,30,34)(H,32,33). The van der Waals surface area contributed by atoms with Gasteiger partial charge in [0.15, 0.2) is 0 Å². The summed E-state index contributed by atoms with van der Waals surface area (Å²) in [7, 11) is 0. The topological polar surface area (TPSA) is 88.1 Å². The minimum absolute atomic E-state index is 0.0967. The van der Waals surface area contributed by atoms with Crippen LogP contribution in [0.4, 0.5) is 10.5 Å². The van der Waals surface area contributed by atoms with Crippen LogP contribution in [-0.4, -0.2) is 49.5 Å². The maximum absolute atomic E-state index is 12.8. The largest absolute Gasteiger partial charge is 0.487 e. The summed E-state index contributed by atoms with van der Waals surface area (Å²) in [4.78, 5) is 25.6. The Labute approximate surface area is 213 Å². The molecule has 1 heterocycles. The van der Waals surface area contributed by atoms with Gasteiger partial charge in [0.05, 0.1) is 12.2 Å². The summed E-state index contributed by atoms with van der Waals surface area (Å²) in [6, 6.07) is 14.6. The van der Waals surface area contributed by atoms with E-state index in [0.717, 1.165) is 54.7 Å². The average molecular weight is 495 g/mol. The number of fused-ring (bicyclic) bond motifs is 1. The number of aliphatic carboxylic acids is 1. The number of hydrogen-bond acceptors (Lipinski definition) is 4. The van der Waals surface area contributed by atoms with Gasteiger partial charge in [-0.25, -0.2) is 4.79 Å². The molecular weight excluding hydrogens is 456 g/mol. The van der Waals surface area contributed by atoms with Gasteiger partial charge in [-0.1, -0.05) is 30.3 Å². The maximum atomic E-state index is 12.8. The second kappa shape index (κ2) is 12.3. The van der Waals surface area contributed by atoms with Crippen molar-refractivity contribution in [3.05, 3.63) is 48.0 Å². The first-order chi connectivity index (χ1) is 17.4. The number of hydrogen-bond donors (Lipinski definition) is 2. The molecule has 0 saturated heterocycles. The monoisotopic (exact) mass is 494 g/mol. The van der Waals surface area contributed by atoms with Crippen molar-refractivity contribution in [2.75, 3.05) is 31.2 Å². The molecule has 1 aliphatic heterocycles. The van der Waals surface area contributed by atoms with Crippen molar-refractivity contribution in [2.24, 2.45) is 5.92 Å². The average Bonchev–Trinajstić information content (AvgIpc) is 2.88. The molecule has 1 fully saturated rings. The van der Waals surface area contributed by atoms with Gasteiger partial charge in [-0.2, -0.15) is 0 Å². The van der Waals surface area contributed by atoms with E-state index in [2.05, 4.69) is 29.6 Å². The summed E-state index contributed by atoms with van der Waals surface area (Å²) in [5.74, 6) is 0.842. The lowest BCUT2D eigenvalue weighted by molar-refractivity contribution is -0.138. The minimum Gasteiger partial charge on any atom is -0.487 e. The van der Waals surface area contributed by atoms with E-state index in [4.69, 9.17) is 14.6 Å². The van der Waals surface area contributed by atoms with Gasteiger partial charge in [-0.3, -0.25) is 9.69 Å². The molecule has 2 aromatic rings. The Bertz CT molecular complexity index is 1030. The molecule has 1 aliphatic carbocycles. The normalized spacial score (nSPS) is 21.4. The van der Waals surface area contributed by atoms with Crippen LogP contribution in [0.2, 0.25) is 0 Å². The fourth-order valence-corrected chi connectivity index (χ4v) is 5.32. The number of carboxylic acid groups (broad SMARTS) is 1. The quantitative estimate of drug-likeness (QED) is 0.429. The Kier molecular flexibility index (Phi) is 8.86. The maximum Gasteiger partial charge on any atom is 0.322 e. The number of rotatable bonds is 9. The summed E-state index contributed by atoms with van der Waals surface area (Å²) in [6.07, 6.45) is 5.03. The number of carboxylic acids is 1. The summed E-state index contributed by atoms with van der Waals surface area (Å²) < 4.78 is 11.4. The SMILES string of the molecule is CCOCCCNC(=O)N1CC(C)Oc2cc(-c3ccc(C4CCC(CC(=O)O)CC4)cc3)ccc21. The van der Waals surface area contributed by atoms with E-state index in [-0.39, 0.29) is 18.6 Å². The van der Waals surface area contributed by atoms with Crippen LogP contribution in [0.3, 0.4) is 0 Å². The second-order valence-electron chi connectivity index (χ2n) is 9.94. The molecule has 4 rings (SSSR count). The molecule has 7 nitrogen and oxygen atoms in total. The predicted octanol–water partition coefficient (Wildman–Crippen LogP) is 5.83. The number of nitrogens with one attached hydrogen (secondary N) is 1. The van der Waals surface area contributed by atoms with Gasteiger partial charge < -0.3 is 19.9 Å². The lowest BCUT2D eigenvalue weighted by Gasteiger charge is -2.33. The Hall–Kier alpha value is -3.06. The highest BCUT2D eigenvalue weighted by Crippen LogP contribution is 2.39. The third kappa shape index (κ3) is 6.58. The van der Waals surface area contributed by atoms with Crippen molar-refractivity contribution in [3.8, 4) is 16.9 Å². The molecule has 1 unspecified atom stereocenters. The lowest BCUT2D eigenvalue weighted by Crippen LogP contribution is -2.47. The van der Waals surface area contributed by atoms with E-state index < -0.39 is 5.97 Å². The highest BCUT2D eigenvalue weighted by Gasteiger charge is 2.28. The van der Waals surface area contributed by atoms with Crippen LogP contribution in [-0.2, 0) is 9.53 Å². The Morgan fingerprint density at radius 2 is 1.81 bits per heavy atom. The number of carbonyl (C=O) groups excluding carboxylic acids is 1. The zero-order valence-electron chi connectivity index (χ0n) is 21.4. The lowest BCUT2D eigenvalue weighted by atomic mass is 9.77. The molecule has 2 aromatic carbocycles. The van der Waals surface area contributed by atoms with Gasteiger partial charge in [0.1, 0.15) is 11.9 Å². The molecule has 1 saturated carbocycles. The molecule has 0 spiro atoms. The molecule has 0 bridgehead atoms. The van der Waals surface area contributed by atoms with Gasteiger partial charge in [-0.05, 0) is 86.6 Å². The summed E-state index contributed by atoms with van der Waals surface area (Å²) in [5.41, 5.74) is 4.27. The first-order valence-electron chi connectivity index (χ1n) is 13.2. The molecule has 36 heavy (non-hydrogen) atoms. The van der Waals surface area contributed by atoms with Gasteiger partial charge in [-0.15, -0.1) is 0 Å². The zero-order chi connectivity index (χ0) is 25.5. The molecule has 2 N–H and O–H groups in total. The van der Waals surface area contributed by atoms with Crippen molar-refractivity contribution in [1.29, 1.82) is 0 Å². The van der Waals surface area contributed by atoms with Crippen LogP contribution in [0.25, 0.3) is 11.1 Å². The van der Waals surface area contributed by atoms with Crippen molar-refractivity contribution in [1.82, 2.24) is 5.32 Å². The predicted molar refractivity (Wildman–Crippen MR) is 141 cm³/mol. The molecule has 0 radical (unpaired) electrons. The van der Waals surface area contributed by atoms with E-state index in [0.29, 0.717) is 38.1 Å². The van der Waals surface area contributed by atoms with Gasteiger partial charge >= 0.3 is 12.0 Å². The van der Waals surface area contributed by atoms with Gasteiger partial charge in [0.25, 0.3) is 0 Å². The van der Waals surface area contributed by atoms with Gasteiger partial charge in [0, 0.05) is 26.2 Å². The Morgan fingerprint density at radius 3 is 2.50 bits per heavy atom. The molecule has 194 valence electrons. The fraction of sp³-hybridized carbons (Fsp3) is 0.517. The molecule has 0 aromatic heterocycles. The molecule has 1 atom stereocenters. The summed E-state index contributed by atoms with van der Waals surface area (Å²) in [6.45, 7) is 6.35. The van der Waals surface area contributed by atoms with Crippen molar-refractivity contribution in [3.63, 3.8) is 0 Å². The van der Waals surface area contributed by atoms with E-state index in [1.807, 2.05) is 32.0 Å². The number of ether oxygens (including phenoxy) is 2. The van der Waals surface area contributed by atoms with E-state index >= 15 is 0 Å². The number of anilines is 1. The summed E-state index contributed by atoms with van der Waals surface area (Å²) in [5, 5.41) is 12.0. The van der Waals surface area contributed by atoms with E-state index in [1.165, 1.54) is 5.56 Å². The summed E-state index contributed by atoms with van der Waals surface area (Å²) >= 11 is 0. The van der Waals surface area contributed by atoms with Crippen LogP contribution < -0.4 is 15.0 Å². The zero-order valence-corrected chi connectivity index (χ0v) is 21.4. The first kappa shape index (κ1) is 26.0. The number of carbonyl (C=O) groups is 2. The van der Waals surface area contributed by atoms with Crippen molar-refractivity contribution < 1.29 is 24.2 Å². The molecule has 2 amide bonds. The van der Waals surface area contributed by atoms with E-state index in [1.54, 1.807) is 4.90 Å². The van der Waals surface area contributed by atoms with Crippen molar-refractivity contribution in [2.45, 2.75) is 64.4 Å². The highest BCUT2D eigenvalue weighted by molar-refractivity contribution is 5.94. The van der Waals surface area contributed by atoms with Crippen molar-refractivity contribution >= 4 is 17.7 Å². The number of amides is 2. The number of nitrogens with zero attached hydrogens (tertiary/aromatic N) is 1. The molecule has 7 heteroatoms. The van der Waals surface area contributed by atoms with Crippen LogP contribution in [0.5, 0.6) is 5.75 Å². The first-order valence-corrected chi connectivity index (χ1v) is 13.2. The number of urea groups is 1. The van der Waals surface area contributed by atoms with E-state index in [9.17, 15) is 9.59 Å². The third-order valence-electron chi connectivity index (χ3n) is 7.23. The fourth-order valence-electron chi connectivity index (χ4n) is 5.32. The molecular formula is C29H38N2O5. The van der Waals surface area contributed by atoms with Crippen LogP contribution in [0.1, 0.15) is 63.9 Å². The van der Waals surface area contributed by atoms with Crippen LogP contribution in [0, 0.1) is 5.92 Å². The minimum atomic E-state index is -0.688. The highest BCUT2D eigenvalue weighted by atomic mass is 16.5. The number of benzene rings is 2. The molecule has 2 aliphatic rings. The third-order valence-corrected chi connectivity index (χ3v) is 7.23. The van der Waals surface area contributed by atoms with Crippen LogP contribution >= 0.6 is 0 Å². The van der Waals surface area contributed by atoms with Crippen LogP contribution in [0.15, 0.2) is 42.5 Å². The second-order valence-corrected chi connectivity index (χ2v) is 9.94. The Morgan fingerprint density at radius 1 is 1.08 bits per heavy atom. The Balaban J connectivity index is 1.40. The smallest absolute Gasteiger partial charge is 0.322 e. The van der Waals surface area contributed by atoms with Gasteiger partial charge in [0.2, 0.25) is 0 Å².